The molecular formula is C29H44O. The predicted molar refractivity (Wildman–Crippen MR) is 132 cm³/mol. The predicted octanol–water partition coefficient (Wildman–Crippen LogP) is 8.74. The molecule has 0 aromatic heterocycles. The smallest absolute Gasteiger partial charge is 0.119 e. The molecule has 1 heteroatoms. The molecule has 0 aliphatic heterocycles. The summed E-state index contributed by atoms with van der Waals surface area (Å²) in [7, 11) is 0. The molecule has 0 aliphatic rings. The van der Waals surface area contributed by atoms with Crippen LogP contribution in [0, 0.1) is 0 Å². The minimum atomic E-state index is -0.206. The molecule has 0 bridgehead atoms. The van der Waals surface area contributed by atoms with E-state index in [1.807, 2.05) is 6.07 Å². The molecule has 2 aromatic carbocycles. The van der Waals surface area contributed by atoms with Crippen LogP contribution in [0.3, 0.4) is 0 Å². The van der Waals surface area contributed by atoms with Crippen LogP contribution in [0.15, 0.2) is 42.5 Å². The Morgan fingerprint density at radius 3 is 1.90 bits per heavy atom. The summed E-state index contributed by atoms with van der Waals surface area (Å²) >= 11 is 0. The number of aromatic hydroxyl groups is 1. The Hall–Kier alpha value is -1.76. The molecule has 0 aliphatic carbocycles. The highest BCUT2D eigenvalue weighted by Gasteiger charge is 2.29. The molecule has 0 saturated carbocycles. The molecule has 30 heavy (non-hydrogen) atoms. The number of rotatable bonds is 14. The van der Waals surface area contributed by atoms with Crippen LogP contribution in [0.2, 0.25) is 0 Å². The summed E-state index contributed by atoms with van der Waals surface area (Å²) in [5.74, 6) is 0.459. The lowest BCUT2D eigenvalue weighted by Gasteiger charge is -2.31. The molecule has 0 radical (unpaired) electrons. The molecule has 1 nitrogen and oxygen atoms in total. The second kappa shape index (κ2) is 12.8. The van der Waals surface area contributed by atoms with Crippen molar-refractivity contribution in [3.8, 4) is 5.75 Å². The molecule has 166 valence electrons. The van der Waals surface area contributed by atoms with E-state index in [-0.39, 0.29) is 5.41 Å². The van der Waals surface area contributed by atoms with E-state index in [4.69, 9.17) is 0 Å². The van der Waals surface area contributed by atoms with E-state index in [1.54, 1.807) is 0 Å². The van der Waals surface area contributed by atoms with E-state index in [0.717, 1.165) is 18.4 Å². The monoisotopic (exact) mass is 408 g/mol. The highest BCUT2D eigenvalue weighted by atomic mass is 16.3. The molecule has 0 spiro atoms. The second-order valence-electron chi connectivity index (χ2n) is 9.42. The normalized spacial score (nSPS) is 11.7. The third-order valence-electron chi connectivity index (χ3n) is 6.59. The average molecular weight is 409 g/mol. The number of unbranched alkanes of at least 4 members (excludes halogenated alkanes) is 8. The van der Waals surface area contributed by atoms with Crippen molar-refractivity contribution in [2.24, 2.45) is 0 Å². The van der Waals surface area contributed by atoms with Gasteiger partial charge in [-0.1, -0.05) is 115 Å². The summed E-state index contributed by atoms with van der Waals surface area (Å²) in [6, 6.07) is 14.8. The first-order valence-corrected chi connectivity index (χ1v) is 12.4. The lowest BCUT2D eigenvalue weighted by atomic mass is 9.73. The van der Waals surface area contributed by atoms with Crippen molar-refractivity contribution in [1.82, 2.24) is 0 Å². The number of benzene rings is 2. The molecular weight excluding hydrogens is 364 g/mol. The van der Waals surface area contributed by atoms with Crippen molar-refractivity contribution >= 4 is 0 Å². The van der Waals surface area contributed by atoms with Crippen LogP contribution in [0.4, 0.5) is 0 Å². The molecule has 0 saturated heterocycles. The largest absolute Gasteiger partial charge is 0.508 e. The zero-order valence-corrected chi connectivity index (χ0v) is 20.0. The first-order valence-electron chi connectivity index (χ1n) is 12.4. The SMILES string of the molecule is CCCCCCCCCc1c(CCCCC)ccc(O)c1C(C)(C)c1ccccc1. The van der Waals surface area contributed by atoms with E-state index < -0.39 is 0 Å². The lowest BCUT2D eigenvalue weighted by Crippen LogP contribution is -2.22. The zero-order chi connectivity index (χ0) is 21.8. The Bertz CT molecular complexity index is 730. The first kappa shape index (κ1) is 24.5. The van der Waals surface area contributed by atoms with Gasteiger partial charge in [0.1, 0.15) is 5.75 Å². The van der Waals surface area contributed by atoms with Gasteiger partial charge in [-0.25, -0.2) is 0 Å². The number of aryl methyl sites for hydroxylation is 1. The summed E-state index contributed by atoms with van der Waals surface area (Å²) in [6.45, 7) is 9.07. The van der Waals surface area contributed by atoms with Gasteiger partial charge in [0.25, 0.3) is 0 Å². The van der Waals surface area contributed by atoms with Crippen molar-refractivity contribution in [1.29, 1.82) is 0 Å². The summed E-state index contributed by atoms with van der Waals surface area (Å²) in [4.78, 5) is 0. The third kappa shape index (κ3) is 6.89. The van der Waals surface area contributed by atoms with Crippen LogP contribution in [0.25, 0.3) is 0 Å². The van der Waals surface area contributed by atoms with Gasteiger partial charge in [0.15, 0.2) is 0 Å². The fourth-order valence-electron chi connectivity index (χ4n) is 4.72. The molecule has 0 unspecified atom stereocenters. The van der Waals surface area contributed by atoms with Gasteiger partial charge in [-0.2, -0.15) is 0 Å². The van der Waals surface area contributed by atoms with Crippen molar-refractivity contribution in [3.05, 3.63) is 64.7 Å². The number of hydrogen-bond acceptors (Lipinski definition) is 1. The van der Waals surface area contributed by atoms with E-state index in [9.17, 15) is 5.11 Å². The maximum Gasteiger partial charge on any atom is 0.119 e. The van der Waals surface area contributed by atoms with Gasteiger partial charge in [0, 0.05) is 11.0 Å². The van der Waals surface area contributed by atoms with Crippen molar-refractivity contribution in [3.63, 3.8) is 0 Å². The highest BCUT2D eigenvalue weighted by molar-refractivity contribution is 5.53. The summed E-state index contributed by atoms with van der Waals surface area (Å²) in [5, 5.41) is 11.0. The van der Waals surface area contributed by atoms with Crippen LogP contribution in [-0.2, 0) is 18.3 Å². The van der Waals surface area contributed by atoms with Crippen molar-refractivity contribution in [2.45, 2.75) is 110 Å². The molecule has 1 N–H and O–H groups in total. The third-order valence-corrected chi connectivity index (χ3v) is 6.59. The Balaban J connectivity index is 2.26. The fraction of sp³-hybridized carbons (Fsp3) is 0.586. The van der Waals surface area contributed by atoms with Crippen LogP contribution < -0.4 is 0 Å². The molecule has 0 heterocycles. The molecule has 2 aromatic rings. The van der Waals surface area contributed by atoms with Crippen LogP contribution >= 0.6 is 0 Å². The minimum Gasteiger partial charge on any atom is -0.508 e. The standard InChI is InChI=1S/C29H44O/c1-5-7-9-10-11-12-17-21-26-24(18-14-8-6-2)22-23-27(30)28(26)29(3,4)25-19-15-13-16-20-25/h13,15-16,19-20,22-23,30H,5-12,14,17-18,21H2,1-4H3. The molecule has 0 atom stereocenters. The molecule has 2 rings (SSSR count). The van der Waals surface area contributed by atoms with Gasteiger partial charge in [-0.3, -0.25) is 0 Å². The number of phenolic OH excluding ortho intramolecular Hbond substituents is 1. The van der Waals surface area contributed by atoms with Crippen molar-refractivity contribution in [2.75, 3.05) is 0 Å². The fourth-order valence-corrected chi connectivity index (χ4v) is 4.72. The summed E-state index contributed by atoms with van der Waals surface area (Å²) in [5.41, 5.74) is 5.07. The first-order chi connectivity index (χ1) is 14.5. The van der Waals surface area contributed by atoms with Gasteiger partial charge in [0.05, 0.1) is 0 Å². The van der Waals surface area contributed by atoms with Gasteiger partial charge < -0.3 is 5.11 Å². The van der Waals surface area contributed by atoms with Crippen LogP contribution in [0.5, 0.6) is 5.75 Å². The Labute approximate surface area is 185 Å². The molecule has 0 amide bonds. The van der Waals surface area contributed by atoms with E-state index >= 15 is 0 Å². The van der Waals surface area contributed by atoms with Gasteiger partial charge >= 0.3 is 0 Å². The highest BCUT2D eigenvalue weighted by Crippen LogP contribution is 2.41. The Morgan fingerprint density at radius 1 is 0.667 bits per heavy atom. The Morgan fingerprint density at radius 2 is 1.23 bits per heavy atom. The van der Waals surface area contributed by atoms with Crippen LogP contribution in [-0.4, -0.2) is 5.11 Å². The van der Waals surface area contributed by atoms with Gasteiger partial charge in [-0.05, 0) is 48.4 Å². The lowest BCUT2D eigenvalue weighted by molar-refractivity contribution is 0.449. The van der Waals surface area contributed by atoms with Gasteiger partial charge in [0.2, 0.25) is 0 Å². The average Bonchev–Trinajstić information content (AvgIpc) is 2.75. The molecule has 0 fully saturated rings. The topological polar surface area (TPSA) is 20.2 Å². The quantitative estimate of drug-likeness (QED) is 0.310. The van der Waals surface area contributed by atoms with E-state index in [2.05, 4.69) is 64.1 Å². The maximum absolute atomic E-state index is 11.0. The number of hydrogen-bond donors (Lipinski definition) is 1. The number of phenols is 1. The van der Waals surface area contributed by atoms with Gasteiger partial charge in [-0.15, -0.1) is 0 Å². The van der Waals surface area contributed by atoms with Crippen molar-refractivity contribution < 1.29 is 5.11 Å². The summed E-state index contributed by atoms with van der Waals surface area (Å²) in [6.07, 6.45) is 15.2. The minimum absolute atomic E-state index is 0.206. The summed E-state index contributed by atoms with van der Waals surface area (Å²) < 4.78 is 0. The van der Waals surface area contributed by atoms with Crippen LogP contribution in [0.1, 0.15) is 114 Å². The van der Waals surface area contributed by atoms with E-state index in [1.165, 1.54) is 80.9 Å². The zero-order valence-electron chi connectivity index (χ0n) is 20.0. The second-order valence-corrected chi connectivity index (χ2v) is 9.42. The van der Waals surface area contributed by atoms with E-state index in [0.29, 0.717) is 5.75 Å². The maximum atomic E-state index is 11.0. The Kier molecular flexibility index (Phi) is 10.5.